The molecule has 0 aliphatic carbocycles. The van der Waals surface area contributed by atoms with Gasteiger partial charge in [0.2, 0.25) is 5.91 Å². The first-order valence-corrected chi connectivity index (χ1v) is 6.76. The van der Waals surface area contributed by atoms with Crippen molar-refractivity contribution in [2.24, 2.45) is 11.1 Å². The minimum atomic E-state index is -0.408. The lowest BCUT2D eigenvalue weighted by Gasteiger charge is -2.22. The number of nitrogens with two attached hydrogens (primary N) is 1. The number of hydrogen-bond acceptors (Lipinski definition) is 3. The van der Waals surface area contributed by atoms with Gasteiger partial charge in [-0.25, -0.2) is 0 Å². The highest BCUT2D eigenvalue weighted by atomic mass is 16.5. The monoisotopic (exact) mass is 262 g/mol. The quantitative estimate of drug-likeness (QED) is 0.847. The summed E-state index contributed by atoms with van der Waals surface area (Å²) in [6.45, 7) is 5.68. The Morgan fingerprint density at radius 1 is 1.47 bits per heavy atom. The van der Waals surface area contributed by atoms with Crippen LogP contribution in [-0.2, 0) is 17.8 Å². The number of fused-ring (bicyclic) bond motifs is 1. The molecule has 19 heavy (non-hydrogen) atoms. The zero-order valence-corrected chi connectivity index (χ0v) is 11.7. The van der Waals surface area contributed by atoms with Crippen LogP contribution in [0.15, 0.2) is 18.2 Å². The van der Waals surface area contributed by atoms with Gasteiger partial charge in [0.05, 0.1) is 6.61 Å². The second-order valence-corrected chi connectivity index (χ2v) is 5.65. The molecule has 2 rings (SSSR count). The largest absolute Gasteiger partial charge is 0.493 e. The summed E-state index contributed by atoms with van der Waals surface area (Å²) in [5, 5.41) is 2.98. The highest BCUT2D eigenvalue weighted by Crippen LogP contribution is 2.26. The molecule has 0 bridgehead atoms. The standard InChI is InChI=1S/C15H22N2O2/c1-15(2,6-7-16)14(18)17-10-11-3-4-13-12(9-11)5-8-19-13/h3-4,9H,5-8,10,16H2,1-2H3,(H,17,18). The van der Waals surface area contributed by atoms with Crippen molar-refractivity contribution < 1.29 is 9.53 Å². The van der Waals surface area contributed by atoms with Gasteiger partial charge in [-0.15, -0.1) is 0 Å². The average molecular weight is 262 g/mol. The van der Waals surface area contributed by atoms with Gasteiger partial charge in [-0.3, -0.25) is 4.79 Å². The van der Waals surface area contributed by atoms with Crippen molar-refractivity contribution in [3.05, 3.63) is 29.3 Å². The van der Waals surface area contributed by atoms with Crippen LogP contribution >= 0.6 is 0 Å². The molecule has 4 nitrogen and oxygen atoms in total. The third-order valence-electron chi connectivity index (χ3n) is 3.59. The van der Waals surface area contributed by atoms with Gasteiger partial charge in [0.25, 0.3) is 0 Å². The number of carbonyl (C=O) groups excluding carboxylic acids is 1. The third kappa shape index (κ3) is 3.26. The number of benzene rings is 1. The van der Waals surface area contributed by atoms with E-state index in [1.807, 2.05) is 26.0 Å². The topological polar surface area (TPSA) is 64.4 Å². The molecule has 1 heterocycles. The molecule has 1 aliphatic rings. The molecule has 0 atom stereocenters. The van der Waals surface area contributed by atoms with E-state index in [4.69, 9.17) is 10.5 Å². The summed E-state index contributed by atoms with van der Waals surface area (Å²) in [7, 11) is 0. The molecular formula is C15H22N2O2. The summed E-state index contributed by atoms with van der Waals surface area (Å²) >= 11 is 0. The van der Waals surface area contributed by atoms with Crippen molar-refractivity contribution in [2.45, 2.75) is 33.2 Å². The molecule has 0 spiro atoms. The fourth-order valence-electron chi connectivity index (χ4n) is 2.25. The Kier molecular flexibility index (Phi) is 4.10. The van der Waals surface area contributed by atoms with Crippen LogP contribution in [0.25, 0.3) is 0 Å². The van der Waals surface area contributed by atoms with Gasteiger partial charge in [-0.05, 0) is 30.2 Å². The summed E-state index contributed by atoms with van der Waals surface area (Å²) in [5.74, 6) is 1.02. The van der Waals surface area contributed by atoms with Crippen molar-refractivity contribution in [2.75, 3.05) is 13.2 Å². The predicted octanol–water partition coefficient (Wildman–Crippen LogP) is 1.61. The molecule has 4 heteroatoms. The molecule has 0 saturated carbocycles. The second-order valence-electron chi connectivity index (χ2n) is 5.65. The van der Waals surface area contributed by atoms with Crippen molar-refractivity contribution in [3.8, 4) is 5.75 Å². The molecule has 1 aromatic rings. The van der Waals surface area contributed by atoms with Crippen molar-refractivity contribution in [3.63, 3.8) is 0 Å². The van der Waals surface area contributed by atoms with E-state index < -0.39 is 5.41 Å². The van der Waals surface area contributed by atoms with E-state index in [1.54, 1.807) is 0 Å². The molecule has 1 amide bonds. The van der Waals surface area contributed by atoms with Crippen LogP contribution in [0.1, 0.15) is 31.4 Å². The molecule has 1 aliphatic heterocycles. The maximum absolute atomic E-state index is 12.1. The predicted molar refractivity (Wildman–Crippen MR) is 74.9 cm³/mol. The molecule has 104 valence electrons. The van der Waals surface area contributed by atoms with E-state index >= 15 is 0 Å². The Bertz CT molecular complexity index is 469. The molecule has 0 aromatic heterocycles. The van der Waals surface area contributed by atoms with Gasteiger partial charge in [-0.2, -0.15) is 0 Å². The van der Waals surface area contributed by atoms with Crippen molar-refractivity contribution in [1.82, 2.24) is 5.32 Å². The van der Waals surface area contributed by atoms with Gasteiger partial charge < -0.3 is 15.8 Å². The number of amides is 1. The van der Waals surface area contributed by atoms with Gasteiger partial charge >= 0.3 is 0 Å². The fourth-order valence-corrected chi connectivity index (χ4v) is 2.25. The third-order valence-corrected chi connectivity index (χ3v) is 3.59. The van der Waals surface area contributed by atoms with E-state index in [0.717, 1.165) is 24.3 Å². The normalized spacial score (nSPS) is 13.8. The minimum absolute atomic E-state index is 0.0506. The van der Waals surface area contributed by atoms with Crippen LogP contribution in [-0.4, -0.2) is 19.1 Å². The fraction of sp³-hybridized carbons (Fsp3) is 0.533. The van der Waals surface area contributed by atoms with Gasteiger partial charge in [0.1, 0.15) is 5.75 Å². The second kappa shape index (κ2) is 5.61. The summed E-state index contributed by atoms with van der Waals surface area (Å²) in [5.41, 5.74) is 7.46. The summed E-state index contributed by atoms with van der Waals surface area (Å²) in [6.07, 6.45) is 1.65. The first-order valence-electron chi connectivity index (χ1n) is 6.76. The number of ether oxygens (including phenoxy) is 1. The smallest absolute Gasteiger partial charge is 0.225 e. The highest BCUT2D eigenvalue weighted by Gasteiger charge is 2.26. The first kappa shape index (κ1) is 13.9. The van der Waals surface area contributed by atoms with Gasteiger partial charge in [0.15, 0.2) is 0 Å². The number of hydrogen-bond donors (Lipinski definition) is 2. The van der Waals surface area contributed by atoms with E-state index in [0.29, 0.717) is 19.5 Å². The minimum Gasteiger partial charge on any atom is -0.493 e. The van der Waals surface area contributed by atoms with Crippen molar-refractivity contribution in [1.29, 1.82) is 0 Å². The zero-order chi connectivity index (χ0) is 13.9. The maximum atomic E-state index is 12.1. The summed E-state index contributed by atoms with van der Waals surface area (Å²) in [6, 6.07) is 6.09. The van der Waals surface area contributed by atoms with Crippen LogP contribution in [0.5, 0.6) is 5.75 Å². The van der Waals surface area contributed by atoms with E-state index in [9.17, 15) is 4.79 Å². The van der Waals surface area contributed by atoms with E-state index in [-0.39, 0.29) is 5.91 Å². The van der Waals surface area contributed by atoms with Crippen LogP contribution in [0.4, 0.5) is 0 Å². The van der Waals surface area contributed by atoms with Crippen LogP contribution in [0.2, 0.25) is 0 Å². The zero-order valence-electron chi connectivity index (χ0n) is 11.7. The molecule has 0 fully saturated rings. The Balaban J connectivity index is 1.94. The summed E-state index contributed by atoms with van der Waals surface area (Å²) in [4.78, 5) is 12.1. The number of carbonyl (C=O) groups is 1. The lowest BCUT2D eigenvalue weighted by atomic mass is 9.88. The molecule has 0 unspecified atom stereocenters. The molecular weight excluding hydrogens is 240 g/mol. The van der Waals surface area contributed by atoms with Crippen LogP contribution < -0.4 is 15.8 Å². The number of rotatable bonds is 5. The van der Waals surface area contributed by atoms with Crippen LogP contribution in [0, 0.1) is 5.41 Å². The molecule has 0 saturated heterocycles. The molecule has 0 radical (unpaired) electrons. The first-order chi connectivity index (χ1) is 9.03. The van der Waals surface area contributed by atoms with Crippen molar-refractivity contribution >= 4 is 5.91 Å². The van der Waals surface area contributed by atoms with Gasteiger partial charge in [-0.1, -0.05) is 26.0 Å². The Morgan fingerprint density at radius 2 is 2.26 bits per heavy atom. The molecule has 3 N–H and O–H groups in total. The number of nitrogens with one attached hydrogen (secondary N) is 1. The SMILES string of the molecule is CC(C)(CCN)C(=O)NCc1ccc2c(c1)CCO2. The highest BCUT2D eigenvalue weighted by molar-refractivity contribution is 5.81. The lowest BCUT2D eigenvalue weighted by Crippen LogP contribution is -2.37. The Hall–Kier alpha value is -1.55. The van der Waals surface area contributed by atoms with E-state index in [1.165, 1.54) is 5.56 Å². The maximum Gasteiger partial charge on any atom is 0.225 e. The van der Waals surface area contributed by atoms with Crippen LogP contribution in [0.3, 0.4) is 0 Å². The Morgan fingerprint density at radius 3 is 3.00 bits per heavy atom. The molecule has 1 aromatic carbocycles. The summed E-state index contributed by atoms with van der Waals surface area (Å²) < 4.78 is 5.46. The Labute approximate surface area is 114 Å². The van der Waals surface area contributed by atoms with Gasteiger partial charge in [0, 0.05) is 18.4 Å². The lowest BCUT2D eigenvalue weighted by molar-refractivity contribution is -0.129. The van der Waals surface area contributed by atoms with E-state index in [2.05, 4.69) is 11.4 Å². The average Bonchev–Trinajstić information content (AvgIpc) is 2.83.